The molecule has 62 valence electrons. The first-order valence-electron chi connectivity index (χ1n) is 4.54. The van der Waals surface area contributed by atoms with Crippen LogP contribution in [0.15, 0.2) is 0 Å². The Morgan fingerprint density at radius 1 is 1.36 bits per heavy atom. The van der Waals surface area contributed by atoms with Gasteiger partial charge < -0.3 is 9.47 Å². The lowest BCUT2D eigenvalue weighted by atomic mass is 9.90. The highest BCUT2D eigenvalue weighted by atomic mass is 16.6. The molecule has 2 saturated carbocycles. The van der Waals surface area contributed by atoms with E-state index in [2.05, 4.69) is 0 Å². The van der Waals surface area contributed by atoms with Gasteiger partial charge in [-0.05, 0) is 30.6 Å². The molecule has 0 spiro atoms. The molecular weight excluding hydrogens is 140 g/mol. The van der Waals surface area contributed by atoms with E-state index in [4.69, 9.17) is 9.47 Å². The minimum Gasteiger partial charge on any atom is -0.384 e. The van der Waals surface area contributed by atoms with Gasteiger partial charge in [-0.25, -0.2) is 0 Å². The summed E-state index contributed by atoms with van der Waals surface area (Å²) in [5.74, 6) is 2.56. The molecule has 3 rings (SSSR count). The van der Waals surface area contributed by atoms with Gasteiger partial charge in [-0.2, -0.15) is 0 Å². The number of ether oxygens (including phenoxy) is 2. The zero-order valence-electron chi connectivity index (χ0n) is 6.82. The Morgan fingerprint density at radius 3 is 2.91 bits per heavy atom. The number of epoxide rings is 1. The summed E-state index contributed by atoms with van der Waals surface area (Å²) in [4.78, 5) is 0. The fourth-order valence-corrected chi connectivity index (χ4v) is 3.14. The van der Waals surface area contributed by atoms with E-state index in [0.29, 0.717) is 12.2 Å². The molecule has 2 bridgehead atoms. The Kier molecular flexibility index (Phi) is 1.16. The Labute approximate surface area is 66.9 Å². The van der Waals surface area contributed by atoms with Crippen LogP contribution in [-0.4, -0.2) is 25.9 Å². The van der Waals surface area contributed by atoms with Crippen molar-refractivity contribution in [3.8, 4) is 0 Å². The van der Waals surface area contributed by atoms with Crippen LogP contribution in [0, 0.1) is 17.8 Å². The molecule has 11 heavy (non-hydrogen) atoms. The molecule has 0 amide bonds. The number of fused-ring (bicyclic) bond motifs is 5. The summed E-state index contributed by atoms with van der Waals surface area (Å²) in [5, 5.41) is 0. The van der Waals surface area contributed by atoms with Crippen molar-refractivity contribution in [2.75, 3.05) is 13.7 Å². The molecule has 0 aromatic rings. The summed E-state index contributed by atoms with van der Waals surface area (Å²) < 4.78 is 10.8. The Balaban J connectivity index is 1.73. The summed E-state index contributed by atoms with van der Waals surface area (Å²) in [6.07, 6.45) is 4.10. The van der Waals surface area contributed by atoms with Crippen LogP contribution in [0.4, 0.5) is 0 Å². The maximum Gasteiger partial charge on any atom is 0.0876 e. The first kappa shape index (κ1) is 6.44. The van der Waals surface area contributed by atoms with Crippen LogP contribution < -0.4 is 0 Å². The van der Waals surface area contributed by atoms with Crippen molar-refractivity contribution >= 4 is 0 Å². The Morgan fingerprint density at radius 2 is 2.27 bits per heavy atom. The van der Waals surface area contributed by atoms with E-state index in [1.54, 1.807) is 7.11 Å². The monoisotopic (exact) mass is 154 g/mol. The van der Waals surface area contributed by atoms with Crippen molar-refractivity contribution in [1.82, 2.24) is 0 Å². The molecule has 5 atom stereocenters. The van der Waals surface area contributed by atoms with Gasteiger partial charge in [0.2, 0.25) is 0 Å². The average molecular weight is 154 g/mol. The minimum absolute atomic E-state index is 0.647. The van der Waals surface area contributed by atoms with Crippen LogP contribution in [0.5, 0.6) is 0 Å². The van der Waals surface area contributed by atoms with Crippen LogP contribution in [0.2, 0.25) is 0 Å². The standard InChI is InChI=1S/C9H14O2/c1-10-4-6-2-5-3-7(6)9-8(5)11-9/h5-9H,2-4H2,1H3/t5?,6?,7?,8-,9?/m1/s1. The van der Waals surface area contributed by atoms with Crippen LogP contribution in [0.3, 0.4) is 0 Å². The second-order valence-corrected chi connectivity index (χ2v) is 4.18. The van der Waals surface area contributed by atoms with Crippen molar-refractivity contribution in [1.29, 1.82) is 0 Å². The van der Waals surface area contributed by atoms with Gasteiger partial charge in [0.25, 0.3) is 0 Å². The third-order valence-electron chi connectivity index (χ3n) is 3.61. The molecular formula is C9H14O2. The van der Waals surface area contributed by atoms with Crippen molar-refractivity contribution in [3.05, 3.63) is 0 Å². The summed E-state index contributed by atoms with van der Waals surface area (Å²) >= 11 is 0. The lowest BCUT2D eigenvalue weighted by molar-refractivity contribution is 0.122. The largest absolute Gasteiger partial charge is 0.384 e. The number of methoxy groups -OCH3 is 1. The van der Waals surface area contributed by atoms with Crippen LogP contribution in [0.25, 0.3) is 0 Å². The lowest BCUT2D eigenvalue weighted by Gasteiger charge is -2.17. The van der Waals surface area contributed by atoms with E-state index in [-0.39, 0.29) is 0 Å². The van der Waals surface area contributed by atoms with Gasteiger partial charge in [0, 0.05) is 13.7 Å². The Bertz CT molecular complexity index is 180. The van der Waals surface area contributed by atoms with E-state index >= 15 is 0 Å². The Hall–Kier alpha value is -0.0800. The zero-order chi connectivity index (χ0) is 7.42. The van der Waals surface area contributed by atoms with Gasteiger partial charge in [0.1, 0.15) is 0 Å². The normalized spacial score (nSPS) is 58.1. The number of hydrogen-bond acceptors (Lipinski definition) is 2. The molecule has 1 saturated heterocycles. The van der Waals surface area contributed by atoms with Crippen molar-refractivity contribution in [3.63, 3.8) is 0 Å². The van der Waals surface area contributed by atoms with Crippen molar-refractivity contribution in [2.45, 2.75) is 25.0 Å². The first-order chi connectivity index (χ1) is 5.40. The fourth-order valence-electron chi connectivity index (χ4n) is 3.14. The highest BCUT2D eigenvalue weighted by Gasteiger charge is 2.62. The van der Waals surface area contributed by atoms with Gasteiger partial charge in [-0.1, -0.05) is 0 Å². The highest BCUT2D eigenvalue weighted by Crippen LogP contribution is 2.58. The summed E-state index contributed by atoms with van der Waals surface area (Å²) in [6, 6.07) is 0. The number of rotatable bonds is 2. The van der Waals surface area contributed by atoms with E-state index in [9.17, 15) is 0 Å². The quantitative estimate of drug-likeness (QED) is 0.555. The molecule has 0 N–H and O–H groups in total. The number of hydrogen-bond donors (Lipinski definition) is 0. The summed E-state index contributed by atoms with van der Waals surface area (Å²) in [5.41, 5.74) is 0. The van der Waals surface area contributed by atoms with Crippen molar-refractivity contribution in [2.24, 2.45) is 17.8 Å². The smallest absolute Gasteiger partial charge is 0.0876 e. The molecule has 2 heteroatoms. The predicted molar refractivity (Wildman–Crippen MR) is 40.2 cm³/mol. The second-order valence-electron chi connectivity index (χ2n) is 4.18. The molecule has 2 nitrogen and oxygen atoms in total. The van der Waals surface area contributed by atoms with Gasteiger partial charge in [0.15, 0.2) is 0 Å². The van der Waals surface area contributed by atoms with Crippen LogP contribution in [0.1, 0.15) is 12.8 Å². The van der Waals surface area contributed by atoms with Crippen molar-refractivity contribution < 1.29 is 9.47 Å². The van der Waals surface area contributed by atoms with Crippen LogP contribution >= 0.6 is 0 Å². The maximum atomic E-state index is 5.56. The van der Waals surface area contributed by atoms with E-state index in [1.807, 2.05) is 0 Å². The molecule has 1 aliphatic heterocycles. The summed E-state index contributed by atoms with van der Waals surface area (Å²) in [6.45, 7) is 0.952. The lowest BCUT2D eigenvalue weighted by Crippen LogP contribution is -2.21. The molecule has 3 aliphatic rings. The van der Waals surface area contributed by atoms with Crippen LogP contribution in [-0.2, 0) is 9.47 Å². The molecule has 0 radical (unpaired) electrons. The predicted octanol–water partition coefficient (Wildman–Crippen LogP) is 1.06. The molecule has 3 fully saturated rings. The van der Waals surface area contributed by atoms with Gasteiger partial charge >= 0.3 is 0 Å². The van der Waals surface area contributed by atoms with E-state index in [1.165, 1.54) is 12.8 Å². The molecule has 2 aliphatic carbocycles. The average Bonchev–Trinajstić information content (AvgIpc) is 2.62. The highest BCUT2D eigenvalue weighted by molar-refractivity contribution is 5.10. The zero-order valence-corrected chi connectivity index (χ0v) is 6.82. The van der Waals surface area contributed by atoms with E-state index < -0.39 is 0 Å². The third kappa shape index (κ3) is 0.744. The van der Waals surface area contributed by atoms with Gasteiger partial charge in [-0.3, -0.25) is 0 Å². The maximum absolute atomic E-state index is 5.56. The first-order valence-corrected chi connectivity index (χ1v) is 4.54. The third-order valence-corrected chi connectivity index (χ3v) is 3.61. The van der Waals surface area contributed by atoms with E-state index in [0.717, 1.165) is 24.4 Å². The molecule has 1 heterocycles. The summed E-state index contributed by atoms with van der Waals surface area (Å²) in [7, 11) is 1.80. The van der Waals surface area contributed by atoms with Gasteiger partial charge in [0.05, 0.1) is 12.2 Å². The molecule has 0 aromatic heterocycles. The second kappa shape index (κ2) is 1.99. The molecule has 4 unspecified atom stereocenters. The minimum atomic E-state index is 0.647. The fraction of sp³-hybridized carbons (Fsp3) is 1.00. The topological polar surface area (TPSA) is 21.8 Å². The SMILES string of the molecule is COCC1CC2CC1C1O[C@H]21. The van der Waals surface area contributed by atoms with Gasteiger partial charge in [-0.15, -0.1) is 0 Å². The molecule has 0 aromatic carbocycles.